The molecule has 0 unspecified atom stereocenters. The summed E-state index contributed by atoms with van der Waals surface area (Å²) in [6, 6.07) is 9.54. The Morgan fingerprint density at radius 1 is 1.13 bits per heavy atom. The van der Waals surface area contributed by atoms with E-state index in [-0.39, 0.29) is 37.4 Å². The number of nitrogens with zero attached hydrogens (tertiary/aromatic N) is 7. The van der Waals surface area contributed by atoms with E-state index in [1.54, 1.807) is 51.6 Å². The first-order chi connectivity index (χ1) is 18.1. The Labute approximate surface area is 221 Å². The van der Waals surface area contributed by atoms with Gasteiger partial charge in [-0.1, -0.05) is 23.7 Å². The first-order valence-corrected chi connectivity index (χ1v) is 12.5. The van der Waals surface area contributed by atoms with Gasteiger partial charge in [-0.3, -0.25) is 14.4 Å². The second-order valence-corrected chi connectivity index (χ2v) is 9.50. The van der Waals surface area contributed by atoms with Gasteiger partial charge in [-0.2, -0.15) is 28.5 Å². The van der Waals surface area contributed by atoms with Crippen molar-refractivity contribution in [2.24, 2.45) is 0 Å². The minimum Gasteiger partial charge on any atom is -0.478 e. The Kier molecular flexibility index (Phi) is 6.68. The predicted octanol–water partition coefficient (Wildman–Crippen LogP) is 5.52. The van der Waals surface area contributed by atoms with Crippen LogP contribution in [0.3, 0.4) is 0 Å². The SMILES string of the molecule is CCOc1cc(C(F)(F)F)nn1-c1ccc(CN2C(=O)CCn3nc(-c4c(Cl)cnn4C(C)C)cc32)cc1. The molecule has 0 N–H and O–H groups in total. The summed E-state index contributed by atoms with van der Waals surface area (Å²) in [6.45, 7) is 6.56. The molecule has 4 aromatic rings. The molecule has 0 bridgehead atoms. The van der Waals surface area contributed by atoms with E-state index >= 15 is 0 Å². The summed E-state index contributed by atoms with van der Waals surface area (Å²) in [5.74, 6) is 0.569. The van der Waals surface area contributed by atoms with Crippen molar-refractivity contribution < 1.29 is 22.7 Å². The molecule has 1 aromatic carbocycles. The number of fused-ring (bicyclic) bond motifs is 1. The number of benzene rings is 1. The molecule has 38 heavy (non-hydrogen) atoms. The topological polar surface area (TPSA) is 83.0 Å². The maximum atomic E-state index is 13.2. The molecule has 0 aliphatic carbocycles. The van der Waals surface area contributed by atoms with E-state index in [0.29, 0.717) is 34.5 Å². The van der Waals surface area contributed by atoms with Gasteiger partial charge in [0.05, 0.1) is 36.6 Å². The summed E-state index contributed by atoms with van der Waals surface area (Å²) in [4.78, 5) is 14.5. The monoisotopic (exact) mass is 547 g/mol. The Morgan fingerprint density at radius 2 is 1.87 bits per heavy atom. The number of halogens is 4. The highest BCUT2D eigenvalue weighted by Gasteiger charge is 2.35. The molecule has 4 heterocycles. The van der Waals surface area contributed by atoms with E-state index in [1.807, 2.05) is 19.9 Å². The molecule has 3 aromatic heterocycles. The largest absolute Gasteiger partial charge is 0.478 e. The molecular weight excluding hydrogens is 523 g/mol. The van der Waals surface area contributed by atoms with E-state index in [9.17, 15) is 18.0 Å². The van der Waals surface area contributed by atoms with Crippen molar-refractivity contribution in [1.82, 2.24) is 29.3 Å². The molecule has 5 rings (SSSR count). The molecule has 1 aliphatic heterocycles. The third kappa shape index (κ3) is 4.75. The lowest BCUT2D eigenvalue weighted by molar-refractivity contribution is -0.141. The van der Waals surface area contributed by atoms with E-state index in [1.165, 1.54) is 0 Å². The number of alkyl halides is 3. The number of ether oxygens (including phenoxy) is 1. The Morgan fingerprint density at radius 3 is 2.53 bits per heavy atom. The van der Waals surface area contributed by atoms with Gasteiger partial charge in [-0.05, 0) is 38.5 Å². The number of carbonyl (C=O) groups excluding carboxylic acids is 1. The van der Waals surface area contributed by atoms with Gasteiger partial charge in [-0.15, -0.1) is 0 Å². The average molecular weight is 548 g/mol. The Balaban J connectivity index is 1.43. The first kappa shape index (κ1) is 25.8. The molecule has 0 saturated heterocycles. The fraction of sp³-hybridized carbons (Fsp3) is 0.360. The van der Waals surface area contributed by atoms with Gasteiger partial charge in [0, 0.05) is 24.6 Å². The number of amides is 1. The highest BCUT2D eigenvalue weighted by molar-refractivity contribution is 6.33. The number of anilines is 1. The lowest BCUT2D eigenvalue weighted by atomic mass is 10.1. The highest BCUT2D eigenvalue weighted by atomic mass is 35.5. The summed E-state index contributed by atoms with van der Waals surface area (Å²) in [6.07, 6.45) is -2.73. The molecule has 0 fully saturated rings. The van der Waals surface area contributed by atoms with Gasteiger partial charge in [0.15, 0.2) is 5.69 Å². The summed E-state index contributed by atoms with van der Waals surface area (Å²) >= 11 is 6.41. The van der Waals surface area contributed by atoms with Crippen LogP contribution in [0, 0.1) is 0 Å². The number of aromatic nitrogens is 6. The van der Waals surface area contributed by atoms with Gasteiger partial charge in [-0.25, -0.2) is 9.36 Å². The zero-order valence-electron chi connectivity index (χ0n) is 20.9. The molecule has 13 heteroatoms. The molecule has 1 amide bonds. The number of aryl methyl sites for hydroxylation is 1. The standard InChI is InChI=1S/C25H25ClF3N7O2/c1-4-38-23-12-20(25(27,28)29)32-36(23)17-7-5-16(6-8-17)14-33-21-11-19(31-34(21)10-9-22(33)37)24-18(26)13-30-35(24)15(2)3/h5-8,11-13,15H,4,9-10,14H2,1-3H3. The Bertz CT molecular complexity index is 1470. The van der Waals surface area contributed by atoms with Crippen LogP contribution in [0.5, 0.6) is 5.88 Å². The molecule has 0 saturated carbocycles. The van der Waals surface area contributed by atoms with Gasteiger partial charge in [0.25, 0.3) is 0 Å². The van der Waals surface area contributed by atoms with Crippen LogP contribution in [0.4, 0.5) is 19.0 Å². The lowest BCUT2D eigenvalue weighted by Crippen LogP contribution is -2.36. The van der Waals surface area contributed by atoms with Gasteiger partial charge >= 0.3 is 6.18 Å². The van der Waals surface area contributed by atoms with E-state index in [0.717, 1.165) is 16.3 Å². The summed E-state index contributed by atoms with van der Waals surface area (Å²) < 4.78 is 49.7. The number of carbonyl (C=O) groups is 1. The summed E-state index contributed by atoms with van der Waals surface area (Å²) in [5, 5.41) is 13.2. The van der Waals surface area contributed by atoms with Crippen LogP contribution in [-0.2, 0) is 24.1 Å². The predicted molar refractivity (Wildman–Crippen MR) is 134 cm³/mol. The summed E-state index contributed by atoms with van der Waals surface area (Å²) in [5.41, 5.74) is 1.45. The third-order valence-electron chi connectivity index (χ3n) is 6.14. The number of hydrogen-bond acceptors (Lipinski definition) is 5. The van der Waals surface area contributed by atoms with Crippen LogP contribution in [-0.4, -0.2) is 41.9 Å². The van der Waals surface area contributed by atoms with Gasteiger partial charge in [0.1, 0.15) is 17.2 Å². The van der Waals surface area contributed by atoms with Crippen molar-refractivity contribution in [1.29, 1.82) is 0 Å². The molecule has 9 nitrogen and oxygen atoms in total. The molecule has 0 spiro atoms. The maximum Gasteiger partial charge on any atom is 0.435 e. The summed E-state index contributed by atoms with van der Waals surface area (Å²) in [7, 11) is 0. The van der Waals surface area contributed by atoms with Gasteiger partial charge in [0.2, 0.25) is 11.8 Å². The second kappa shape index (κ2) is 9.82. The van der Waals surface area contributed by atoms with Gasteiger partial charge < -0.3 is 4.74 Å². The van der Waals surface area contributed by atoms with Crippen LogP contribution in [0.1, 0.15) is 44.5 Å². The molecular formula is C25H25ClF3N7O2. The minimum atomic E-state index is -4.59. The molecule has 1 aliphatic rings. The number of hydrogen-bond donors (Lipinski definition) is 0. The van der Waals surface area contributed by atoms with Crippen LogP contribution in [0.25, 0.3) is 17.1 Å². The fourth-order valence-corrected chi connectivity index (χ4v) is 4.60. The van der Waals surface area contributed by atoms with E-state index in [2.05, 4.69) is 15.3 Å². The normalized spacial score (nSPS) is 13.9. The van der Waals surface area contributed by atoms with Crippen LogP contribution >= 0.6 is 11.6 Å². The quantitative estimate of drug-likeness (QED) is 0.304. The van der Waals surface area contributed by atoms with Crippen molar-refractivity contribution >= 4 is 23.3 Å². The van der Waals surface area contributed by atoms with Crippen LogP contribution in [0.15, 0.2) is 42.6 Å². The second-order valence-electron chi connectivity index (χ2n) is 9.10. The molecule has 200 valence electrons. The average Bonchev–Trinajstić information content (AvgIpc) is 3.58. The Hall–Kier alpha value is -3.80. The van der Waals surface area contributed by atoms with Crippen molar-refractivity contribution in [2.45, 2.75) is 52.5 Å². The maximum absolute atomic E-state index is 13.2. The zero-order valence-corrected chi connectivity index (χ0v) is 21.7. The van der Waals surface area contributed by atoms with Crippen molar-refractivity contribution in [3.05, 3.63) is 58.9 Å². The third-order valence-corrected chi connectivity index (χ3v) is 6.41. The van der Waals surface area contributed by atoms with Crippen LogP contribution < -0.4 is 9.64 Å². The number of rotatable bonds is 7. The molecule has 0 atom stereocenters. The first-order valence-electron chi connectivity index (χ1n) is 12.1. The van der Waals surface area contributed by atoms with Crippen LogP contribution in [0.2, 0.25) is 5.02 Å². The van der Waals surface area contributed by atoms with Crippen molar-refractivity contribution in [3.63, 3.8) is 0 Å². The smallest absolute Gasteiger partial charge is 0.435 e. The van der Waals surface area contributed by atoms with E-state index in [4.69, 9.17) is 16.3 Å². The van der Waals surface area contributed by atoms with Crippen molar-refractivity contribution in [3.8, 4) is 23.0 Å². The fourth-order valence-electron chi connectivity index (χ4n) is 4.37. The van der Waals surface area contributed by atoms with E-state index < -0.39 is 11.9 Å². The molecule has 0 radical (unpaired) electrons. The lowest BCUT2D eigenvalue weighted by Gasteiger charge is -2.27. The zero-order chi connectivity index (χ0) is 27.2. The highest BCUT2D eigenvalue weighted by Crippen LogP contribution is 2.35. The van der Waals surface area contributed by atoms with Crippen molar-refractivity contribution in [2.75, 3.05) is 11.5 Å². The minimum absolute atomic E-state index is 0.00508.